The highest BCUT2D eigenvalue weighted by atomic mass is 14.6. The van der Waals surface area contributed by atoms with Crippen LogP contribution < -0.4 is 0 Å². The van der Waals surface area contributed by atoms with Gasteiger partial charge in [0.15, 0.2) is 0 Å². The van der Waals surface area contributed by atoms with Crippen molar-refractivity contribution in [1.29, 1.82) is 10.5 Å². The lowest BCUT2D eigenvalue weighted by Gasteiger charge is -2.28. The van der Waals surface area contributed by atoms with Crippen LogP contribution in [0.25, 0.3) is 0 Å². The Balaban J connectivity index is 2.09. The molecule has 2 heteroatoms. The summed E-state index contributed by atoms with van der Waals surface area (Å²) in [4.78, 5) is 0. The van der Waals surface area contributed by atoms with Gasteiger partial charge >= 0.3 is 0 Å². The van der Waals surface area contributed by atoms with Gasteiger partial charge in [-0.25, -0.2) is 0 Å². The molecule has 2 aromatic carbocycles. The van der Waals surface area contributed by atoms with E-state index < -0.39 is 5.92 Å². The zero-order chi connectivity index (χ0) is 14.7. The molecule has 0 spiro atoms. The molecule has 21 heavy (non-hydrogen) atoms. The molecule has 102 valence electrons. The second-order valence-corrected chi connectivity index (χ2v) is 5.65. The maximum Gasteiger partial charge on any atom is 0.141 e. The van der Waals surface area contributed by atoms with Crippen molar-refractivity contribution < 1.29 is 0 Å². The van der Waals surface area contributed by atoms with Gasteiger partial charge in [-0.05, 0) is 24.0 Å². The van der Waals surface area contributed by atoms with Crippen molar-refractivity contribution in [3.05, 3.63) is 71.8 Å². The summed E-state index contributed by atoms with van der Waals surface area (Å²) in [6.45, 7) is 0. The summed E-state index contributed by atoms with van der Waals surface area (Å²) >= 11 is 0. The van der Waals surface area contributed by atoms with Crippen LogP contribution in [0.4, 0.5) is 0 Å². The summed E-state index contributed by atoms with van der Waals surface area (Å²) in [6.07, 6.45) is 2.08. The molecule has 1 atom stereocenters. The molecule has 0 heterocycles. The molecule has 0 aromatic heterocycles. The lowest BCUT2D eigenvalue weighted by atomic mass is 9.72. The molecule has 3 rings (SSSR count). The standard InChI is InChI=1S/C19H16N2/c20-13-16(14-21)18(15-7-3-1-4-8-15)19(11-12-19)17-9-5-2-6-10-17/h1-10,16,18H,11-12H2/t18-/m0/s1. The average molecular weight is 272 g/mol. The van der Waals surface area contributed by atoms with E-state index in [1.807, 2.05) is 48.5 Å². The molecule has 0 saturated heterocycles. The highest BCUT2D eigenvalue weighted by molar-refractivity contribution is 5.41. The van der Waals surface area contributed by atoms with E-state index in [4.69, 9.17) is 0 Å². The highest BCUT2D eigenvalue weighted by Crippen LogP contribution is 2.59. The van der Waals surface area contributed by atoms with Crippen LogP contribution >= 0.6 is 0 Å². The van der Waals surface area contributed by atoms with Crippen LogP contribution in [0, 0.1) is 28.6 Å². The van der Waals surface area contributed by atoms with Gasteiger partial charge in [-0.3, -0.25) is 0 Å². The molecule has 1 saturated carbocycles. The van der Waals surface area contributed by atoms with Crippen molar-refractivity contribution >= 4 is 0 Å². The van der Waals surface area contributed by atoms with Gasteiger partial charge in [-0.2, -0.15) is 10.5 Å². The predicted molar refractivity (Wildman–Crippen MR) is 81.3 cm³/mol. The van der Waals surface area contributed by atoms with Gasteiger partial charge in [0, 0.05) is 11.3 Å². The fourth-order valence-electron chi connectivity index (χ4n) is 3.35. The van der Waals surface area contributed by atoms with Crippen molar-refractivity contribution in [3.63, 3.8) is 0 Å². The van der Waals surface area contributed by atoms with E-state index in [2.05, 4.69) is 24.3 Å². The first-order chi connectivity index (χ1) is 10.3. The van der Waals surface area contributed by atoms with E-state index in [0.29, 0.717) is 0 Å². The number of nitriles is 2. The molecule has 0 amide bonds. The summed E-state index contributed by atoms with van der Waals surface area (Å²) < 4.78 is 0. The maximum absolute atomic E-state index is 9.42. The minimum absolute atomic E-state index is 0.0568. The molecule has 0 radical (unpaired) electrons. The fourth-order valence-corrected chi connectivity index (χ4v) is 3.35. The SMILES string of the molecule is N#CC(C#N)[C@H](c1ccccc1)C1(c2ccccc2)CC1. The van der Waals surface area contributed by atoms with E-state index in [9.17, 15) is 10.5 Å². The Morgan fingerprint density at radius 3 is 1.81 bits per heavy atom. The fraction of sp³-hybridized carbons (Fsp3) is 0.263. The van der Waals surface area contributed by atoms with E-state index in [1.165, 1.54) is 5.56 Å². The van der Waals surface area contributed by atoms with Gasteiger partial charge < -0.3 is 0 Å². The average Bonchev–Trinajstić information content (AvgIpc) is 3.35. The van der Waals surface area contributed by atoms with Gasteiger partial charge in [-0.15, -0.1) is 0 Å². The topological polar surface area (TPSA) is 47.6 Å². The van der Waals surface area contributed by atoms with Gasteiger partial charge in [0.05, 0.1) is 12.1 Å². The monoisotopic (exact) mass is 272 g/mol. The van der Waals surface area contributed by atoms with Gasteiger partial charge in [0.25, 0.3) is 0 Å². The van der Waals surface area contributed by atoms with E-state index >= 15 is 0 Å². The van der Waals surface area contributed by atoms with Crippen molar-refractivity contribution in [1.82, 2.24) is 0 Å². The van der Waals surface area contributed by atoms with Gasteiger partial charge in [0.1, 0.15) is 5.92 Å². The Morgan fingerprint density at radius 1 is 0.810 bits per heavy atom. The van der Waals surface area contributed by atoms with Crippen LogP contribution in [0.1, 0.15) is 29.9 Å². The van der Waals surface area contributed by atoms with E-state index in [0.717, 1.165) is 18.4 Å². The molecular weight excluding hydrogens is 256 g/mol. The quantitative estimate of drug-likeness (QED) is 0.838. The van der Waals surface area contributed by atoms with Crippen LogP contribution in [-0.4, -0.2) is 0 Å². The van der Waals surface area contributed by atoms with Crippen LogP contribution in [0.2, 0.25) is 0 Å². The first-order valence-corrected chi connectivity index (χ1v) is 7.21. The molecule has 0 N–H and O–H groups in total. The molecule has 2 aromatic rings. The van der Waals surface area contributed by atoms with Crippen molar-refractivity contribution in [2.45, 2.75) is 24.2 Å². The lowest BCUT2D eigenvalue weighted by molar-refractivity contribution is 0.475. The van der Waals surface area contributed by atoms with E-state index in [-0.39, 0.29) is 11.3 Å². The second-order valence-electron chi connectivity index (χ2n) is 5.65. The third-order valence-corrected chi connectivity index (χ3v) is 4.50. The molecule has 0 bridgehead atoms. The minimum atomic E-state index is -0.616. The molecule has 0 unspecified atom stereocenters. The predicted octanol–water partition coefficient (Wildman–Crippen LogP) is 4.17. The van der Waals surface area contributed by atoms with Crippen molar-refractivity contribution in [2.24, 2.45) is 5.92 Å². The normalized spacial score (nSPS) is 16.7. The van der Waals surface area contributed by atoms with Crippen LogP contribution in [-0.2, 0) is 5.41 Å². The zero-order valence-electron chi connectivity index (χ0n) is 11.7. The van der Waals surface area contributed by atoms with Gasteiger partial charge in [-0.1, -0.05) is 60.7 Å². The summed E-state index contributed by atoms with van der Waals surface area (Å²) in [5.74, 6) is -0.675. The molecule has 1 fully saturated rings. The molecule has 1 aliphatic carbocycles. The van der Waals surface area contributed by atoms with Crippen molar-refractivity contribution in [2.75, 3.05) is 0 Å². The Bertz CT molecular complexity index is 674. The highest BCUT2D eigenvalue weighted by Gasteiger charge is 2.53. The van der Waals surface area contributed by atoms with Crippen molar-refractivity contribution in [3.8, 4) is 12.1 Å². The smallest absolute Gasteiger partial charge is 0.141 e. The Hall–Kier alpha value is -2.58. The van der Waals surface area contributed by atoms with Gasteiger partial charge in [0.2, 0.25) is 0 Å². The maximum atomic E-state index is 9.42. The number of benzene rings is 2. The largest absolute Gasteiger partial charge is 0.197 e. The number of nitrogens with zero attached hydrogens (tertiary/aromatic N) is 2. The van der Waals surface area contributed by atoms with Crippen LogP contribution in [0.15, 0.2) is 60.7 Å². The first-order valence-electron chi connectivity index (χ1n) is 7.21. The molecular formula is C19H16N2. The van der Waals surface area contributed by atoms with Crippen LogP contribution in [0.3, 0.4) is 0 Å². The third-order valence-electron chi connectivity index (χ3n) is 4.50. The lowest BCUT2D eigenvalue weighted by Crippen LogP contribution is -2.25. The van der Waals surface area contributed by atoms with Crippen LogP contribution in [0.5, 0.6) is 0 Å². The van der Waals surface area contributed by atoms with E-state index in [1.54, 1.807) is 0 Å². The summed E-state index contributed by atoms with van der Waals surface area (Å²) in [5.41, 5.74) is 2.28. The third kappa shape index (κ3) is 2.30. The summed E-state index contributed by atoms with van der Waals surface area (Å²) in [5, 5.41) is 18.8. The summed E-state index contributed by atoms with van der Waals surface area (Å²) in [7, 11) is 0. The summed E-state index contributed by atoms with van der Waals surface area (Å²) in [6, 6.07) is 24.7. The molecule has 0 aliphatic heterocycles. The number of hydrogen-bond acceptors (Lipinski definition) is 2. The number of hydrogen-bond donors (Lipinski definition) is 0. The first kappa shape index (κ1) is 13.4. The second kappa shape index (κ2) is 5.43. The molecule has 2 nitrogen and oxygen atoms in total. The molecule has 1 aliphatic rings. The zero-order valence-corrected chi connectivity index (χ0v) is 11.7. The number of rotatable bonds is 4. The Morgan fingerprint density at radius 2 is 1.33 bits per heavy atom. The Kier molecular flexibility index (Phi) is 3.46. The Labute approximate surface area is 125 Å². The minimum Gasteiger partial charge on any atom is -0.197 e.